The van der Waals surface area contributed by atoms with E-state index in [-0.39, 0.29) is 29.5 Å². The number of aliphatic imine (C=N–C) groups is 1. The van der Waals surface area contributed by atoms with E-state index in [0.29, 0.717) is 6.54 Å². The van der Waals surface area contributed by atoms with Gasteiger partial charge in [-0.2, -0.15) is 0 Å². The van der Waals surface area contributed by atoms with Crippen LogP contribution in [0.4, 0.5) is 0 Å². The van der Waals surface area contributed by atoms with Crippen LogP contribution in [0, 0.1) is 0 Å². The van der Waals surface area contributed by atoms with Crippen molar-refractivity contribution in [1.82, 2.24) is 25.1 Å². The second kappa shape index (κ2) is 13.3. The zero-order valence-electron chi connectivity index (χ0n) is 19.8. The summed E-state index contributed by atoms with van der Waals surface area (Å²) in [5.74, 6) is 0.908. The number of nitrogens with one attached hydrogen (secondary N) is 2. The smallest absolute Gasteiger partial charge is 0.191 e. The van der Waals surface area contributed by atoms with Gasteiger partial charge in [-0.1, -0.05) is 43.5 Å². The molecule has 2 aliphatic rings. The van der Waals surface area contributed by atoms with Gasteiger partial charge >= 0.3 is 0 Å². The zero-order chi connectivity index (χ0) is 22.1. The molecule has 1 aromatic heterocycles. The normalized spacial score (nSPS) is 19.0. The van der Waals surface area contributed by atoms with Crippen LogP contribution in [0.3, 0.4) is 0 Å². The molecule has 0 bridgehead atoms. The minimum atomic E-state index is 0. The quantitative estimate of drug-likeness (QED) is 0.290. The summed E-state index contributed by atoms with van der Waals surface area (Å²) in [6, 6.07) is 8.67. The molecule has 7 nitrogen and oxygen atoms in total. The van der Waals surface area contributed by atoms with Crippen molar-refractivity contribution >= 4 is 29.9 Å². The Hall–Kier alpha value is -1.65. The number of nitrogens with zero attached hydrogens (tertiary/aromatic N) is 4. The van der Waals surface area contributed by atoms with E-state index in [2.05, 4.69) is 56.3 Å². The van der Waals surface area contributed by atoms with Crippen molar-refractivity contribution in [2.45, 2.75) is 57.7 Å². The van der Waals surface area contributed by atoms with Crippen molar-refractivity contribution in [3.63, 3.8) is 0 Å². The predicted molar refractivity (Wildman–Crippen MR) is 144 cm³/mol. The third kappa shape index (κ3) is 7.42. The Labute approximate surface area is 215 Å². The first kappa shape index (κ1) is 26.0. The van der Waals surface area contributed by atoms with E-state index < -0.39 is 0 Å². The Morgan fingerprint density at radius 3 is 2.64 bits per heavy atom. The van der Waals surface area contributed by atoms with E-state index >= 15 is 0 Å². The first-order valence-electron chi connectivity index (χ1n) is 12.2. The second-order valence-electron chi connectivity index (χ2n) is 8.99. The number of ether oxygens (including phenoxy) is 1. The molecular formula is C25H39IN6O. The van der Waals surface area contributed by atoms with Gasteiger partial charge in [-0.25, -0.2) is 9.98 Å². The van der Waals surface area contributed by atoms with Crippen LogP contribution in [-0.2, 0) is 17.8 Å². The molecule has 33 heavy (non-hydrogen) atoms. The molecule has 1 aliphatic heterocycles. The Morgan fingerprint density at radius 1 is 1.12 bits per heavy atom. The van der Waals surface area contributed by atoms with Crippen LogP contribution < -0.4 is 10.6 Å². The molecule has 0 amide bonds. The molecule has 182 valence electrons. The monoisotopic (exact) mass is 566 g/mol. The van der Waals surface area contributed by atoms with Crippen molar-refractivity contribution in [1.29, 1.82) is 0 Å². The lowest BCUT2D eigenvalue weighted by molar-refractivity contribution is -0.0352. The lowest BCUT2D eigenvalue weighted by Gasteiger charge is -2.48. The van der Waals surface area contributed by atoms with Crippen molar-refractivity contribution in [3.8, 4) is 0 Å². The summed E-state index contributed by atoms with van der Waals surface area (Å²) in [6.45, 7) is 9.21. The van der Waals surface area contributed by atoms with E-state index in [9.17, 15) is 0 Å². The second-order valence-corrected chi connectivity index (χ2v) is 8.99. The number of morpholine rings is 1. The van der Waals surface area contributed by atoms with Gasteiger partial charge in [-0.05, 0) is 30.9 Å². The Balaban J connectivity index is 0.00000306. The van der Waals surface area contributed by atoms with Crippen LogP contribution in [0.2, 0.25) is 0 Å². The number of hydrogen-bond donors (Lipinski definition) is 2. The van der Waals surface area contributed by atoms with Gasteiger partial charge in [0.2, 0.25) is 0 Å². The third-order valence-electron chi connectivity index (χ3n) is 6.73. The summed E-state index contributed by atoms with van der Waals surface area (Å²) in [4.78, 5) is 11.7. The molecule has 2 fully saturated rings. The fourth-order valence-electron chi connectivity index (χ4n) is 5.03. The first-order valence-corrected chi connectivity index (χ1v) is 12.2. The molecule has 1 aliphatic carbocycles. The molecule has 2 aromatic rings. The molecule has 4 rings (SSSR count). The first-order chi connectivity index (χ1) is 15.8. The topological polar surface area (TPSA) is 66.7 Å². The Kier molecular flexibility index (Phi) is 10.5. The summed E-state index contributed by atoms with van der Waals surface area (Å²) in [7, 11) is 0. The number of rotatable bonds is 8. The number of hydrogen-bond acceptors (Lipinski definition) is 4. The molecule has 0 radical (unpaired) electrons. The molecular weight excluding hydrogens is 527 g/mol. The van der Waals surface area contributed by atoms with Gasteiger partial charge in [0.15, 0.2) is 5.96 Å². The molecule has 2 N–H and O–H groups in total. The largest absolute Gasteiger partial charge is 0.379 e. The molecule has 2 heterocycles. The standard InChI is InChI=1S/C25H38N6O.HI/c1-2-27-24(28-18-22-7-6-8-23(17-22)19-30-12-11-26-21-30)29-20-25(9-4-3-5-10-25)31-13-15-32-16-14-31;/h6-8,11-12,17,21H,2-5,9-10,13-16,18-20H2,1H3,(H2,27,28,29);1H. The SMILES string of the molecule is CCNC(=NCc1cccc(Cn2ccnc2)c1)NCC1(N2CCOCC2)CCCCC1.I. The fraction of sp³-hybridized carbons (Fsp3) is 0.600. The number of benzene rings is 1. The zero-order valence-corrected chi connectivity index (χ0v) is 22.2. The predicted octanol–water partition coefficient (Wildman–Crippen LogP) is 3.64. The van der Waals surface area contributed by atoms with Gasteiger partial charge in [-0.15, -0.1) is 24.0 Å². The van der Waals surface area contributed by atoms with E-state index in [1.54, 1.807) is 0 Å². The molecule has 1 saturated carbocycles. The van der Waals surface area contributed by atoms with Gasteiger partial charge in [0.25, 0.3) is 0 Å². The molecule has 0 atom stereocenters. The molecule has 8 heteroatoms. The summed E-state index contributed by atoms with van der Waals surface area (Å²) < 4.78 is 7.71. The number of aromatic nitrogens is 2. The van der Waals surface area contributed by atoms with Crippen molar-refractivity contribution < 1.29 is 4.74 Å². The minimum absolute atomic E-state index is 0. The average molecular weight is 567 g/mol. The van der Waals surface area contributed by atoms with Gasteiger partial charge < -0.3 is 19.9 Å². The minimum Gasteiger partial charge on any atom is -0.379 e. The molecule has 1 saturated heterocycles. The summed E-state index contributed by atoms with van der Waals surface area (Å²) in [5.41, 5.74) is 2.71. The van der Waals surface area contributed by atoms with Crippen LogP contribution in [-0.4, -0.2) is 65.3 Å². The fourth-order valence-corrected chi connectivity index (χ4v) is 5.03. The van der Waals surface area contributed by atoms with Crippen molar-refractivity contribution in [2.75, 3.05) is 39.4 Å². The molecule has 1 aromatic carbocycles. The van der Waals surface area contributed by atoms with Crippen LogP contribution >= 0.6 is 24.0 Å². The van der Waals surface area contributed by atoms with E-state index in [1.807, 2.05) is 18.7 Å². The van der Waals surface area contributed by atoms with Crippen LogP contribution in [0.5, 0.6) is 0 Å². The van der Waals surface area contributed by atoms with Crippen LogP contribution in [0.15, 0.2) is 48.0 Å². The lowest BCUT2D eigenvalue weighted by Crippen LogP contribution is -2.60. The maximum atomic E-state index is 5.63. The maximum Gasteiger partial charge on any atom is 0.191 e. The van der Waals surface area contributed by atoms with Gasteiger partial charge in [0.1, 0.15) is 0 Å². The van der Waals surface area contributed by atoms with Crippen LogP contribution in [0.1, 0.15) is 50.2 Å². The molecule has 0 unspecified atom stereocenters. The van der Waals surface area contributed by atoms with E-state index in [1.165, 1.54) is 43.2 Å². The highest BCUT2D eigenvalue weighted by Gasteiger charge is 2.38. The summed E-state index contributed by atoms with van der Waals surface area (Å²) in [5, 5.41) is 7.14. The summed E-state index contributed by atoms with van der Waals surface area (Å²) in [6.07, 6.45) is 12.2. The number of halogens is 1. The average Bonchev–Trinajstić information content (AvgIpc) is 3.35. The van der Waals surface area contributed by atoms with Gasteiger partial charge in [0.05, 0.1) is 26.1 Å². The lowest BCUT2D eigenvalue weighted by atomic mass is 9.80. The highest BCUT2D eigenvalue weighted by atomic mass is 127. The molecule has 0 spiro atoms. The third-order valence-corrected chi connectivity index (χ3v) is 6.73. The number of imidazole rings is 1. The van der Waals surface area contributed by atoms with Crippen molar-refractivity contribution in [2.24, 2.45) is 4.99 Å². The van der Waals surface area contributed by atoms with Gasteiger partial charge in [0, 0.05) is 50.7 Å². The highest BCUT2D eigenvalue weighted by Crippen LogP contribution is 2.33. The van der Waals surface area contributed by atoms with Crippen LogP contribution in [0.25, 0.3) is 0 Å². The van der Waals surface area contributed by atoms with Crippen molar-refractivity contribution in [3.05, 3.63) is 54.1 Å². The number of guanidine groups is 1. The maximum absolute atomic E-state index is 5.63. The Morgan fingerprint density at radius 2 is 1.91 bits per heavy atom. The van der Waals surface area contributed by atoms with E-state index in [4.69, 9.17) is 9.73 Å². The Bertz CT molecular complexity index is 844. The van der Waals surface area contributed by atoms with E-state index in [0.717, 1.165) is 51.9 Å². The highest BCUT2D eigenvalue weighted by molar-refractivity contribution is 14.0. The van der Waals surface area contributed by atoms with Gasteiger partial charge in [-0.3, -0.25) is 4.90 Å². The summed E-state index contributed by atoms with van der Waals surface area (Å²) >= 11 is 0.